The molecule has 62 valence electrons. The minimum Gasteiger partial charge on any atom is -0.207 e. The van der Waals surface area contributed by atoms with E-state index in [1.165, 1.54) is 6.33 Å². The van der Waals surface area contributed by atoms with Gasteiger partial charge in [0.15, 0.2) is 0 Å². The normalized spacial score (nSPS) is 9.46. The van der Waals surface area contributed by atoms with Gasteiger partial charge < -0.3 is 0 Å². The molecule has 0 N–H and O–H groups in total. The molecule has 0 radical (unpaired) electrons. The Morgan fingerprint density at radius 2 is 2.00 bits per heavy atom. The molecule has 0 unspecified atom stereocenters. The van der Waals surface area contributed by atoms with E-state index in [0.29, 0.717) is 5.82 Å². The van der Waals surface area contributed by atoms with E-state index >= 15 is 0 Å². The van der Waals surface area contributed by atoms with Crippen molar-refractivity contribution in [1.29, 1.82) is 0 Å². The van der Waals surface area contributed by atoms with Crippen LogP contribution < -0.4 is 0 Å². The first kappa shape index (κ1) is 7.56. The maximum atomic E-state index is 5.26. The van der Waals surface area contributed by atoms with Gasteiger partial charge >= 0.3 is 0 Å². The van der Waals surface area contributed by atoms with Crippen molar-refractivity contribution < 1.29 is 0 Å². The number of hydrogen-bond acceptors (Lipinski definition) is 2. The van der Waals surface area contributed by atoms with E-state index < -0.39 is 0 Å². The van der Waals surface area contributed by atoms with Gasteiger partial charge in [-0.05, 0) is 18.1 Å². The maximum absolute atomic E-state index is 5.26. The zero-order valence-electron chi connectivity index (χ0n) is 6.88. The molecule has 0 aliphatic carbocycles. The first-order valence-electron chi connectivity index (χ1n) is 3.84. The topological polar surface area (TPSA) is 30.7 Å². The van der Waals surface area contributed by atoms with Gasteiger partial charge in [0.1, 0.15) is 6.33 Å². The summed E-state index contributed by atoms with van der Waals surface area (Å²) in [5.74, 6) is 2.98. The van der Waals surface area contributed by atoms with E-state index in [1.54, 1.807) is 4.68 Å². The lowest BCUT2D eigenvalue weighted by molar-refractivity contribution is 0.866. The van der Waals surface area contributed by atoms with Crippen LogP contribution in [0.5, 0.6) is 0 Å². The molecule has 2 rings (SSSR count). The fraction of sp³-hybridized carbons (Fsp3) is 0. The summed E-state index contributed by atoms with van der Waals surface area (Å²) in [5.41, 5.74) is 0.924. The molecule has 0 fully saturated rings. The van der Waals surface area contributed by atoms with E-state index in [4.69, 9.17) is 6.42 Å². The van der Waals surface area contributed by atoms with Crippen LogP contribution in [0.3, 0.4) is 0 Å². The molecule has 13 heavy (non-hydrogen) atoms. The van der Waals surface area contributed by atoms with Crippen LogP contribution in [0.25, 0.3) is 5.69 Å². The fourth-order valence-corrected chi connectivity index (χ4v) is 1.10. The van der Waals surface area contributed by atoms with Gasteiger partial charge in [0.2, 0.25) is 5.82 Å². The third-order valence-electron chi connectivity index (χ3n) is 1.68. The Labute approximate surface area is 76.0 Å². The molecule has 3 nitrogen and oxygen atoms in total. The van der Waals surface area contributed by atoms with Gasteiger partial charge in [-0.3, -0.25) is 0 Å². The molecule has 0 bridgehead atoms. The van der Waals surface area contributed by atoms with Gasteiger partial charge in [0, 0.05) is 0 Å². The highest BCUT2D eigenvalue weighted by atomic mass is 15.3. The molecule has 2 aromatic rings. The lowest BCUT2D eigenvalue weighted by atomic mass is 10.3. The predicted octanol–water partition coefficient (Wildman–Crippen LogP) is 1.25. The second kappa shape index (κ2) is 3.11. The molecule has 3 heteroatoms. The highest BCUT2D eigenvalue weighted by Crippen LogP contribution is 2.06. The van der Waals surface area contributed by atoms with Gasteiger partial charge in [0.05, 0.1) is 5.69 Å². The Hall–Kier alpha value is -2.08. The average molecular weight is 169 g/mol. The summed E-state index contributed by atoms with van der Waals surface area (Å²) in [6.07, 6.45) is 6.71. The van der Waals surface area contributed by atoms with Crippen molar-refractivity contribution in [2.24, 2.45) is 0 Å². The second-order valence-electron chi connectivity index (χ2n) is 2.48. The summed E-state index contributed by atoms with van der Waals surface area (Å²) in [5, 5.41) is 4.02. The second-order valence-corrected chi connectivity index (χ2v) is 2.48. The van der Waals surface area contributed by atoms with Crippen LogP contribution in [0.2, 0.25) is 0 Å². The lowest BCUT2D eigenvalue weighted by Crippen LogP contribution is -1.98. The minimum absolute atomic E-state index is 0.520. The summed E-state index contributed by atoms with van der Waals surface area (Å²) in [6.45, 7) is 0. The highest BCUT2D eigenvalue weighted by molar-refractivity contribution is 5.34. The third kappa shape index (κ3) is 1.30. The van der Waals surface area contributed by atoms with Gasteiger partial charge in [-0.15, -0.1) is 6.42 Å². The smallest absolute Gasteiger partial charge is 0.207 e. The van der Waals surface area contributed by atoms with Crippen LogP contribution in [-0.4, -0.2) is 14.8 Å². The van der Waals surface area contributed by atoms with Crippen molar-refractivity contribution >= 4 is 0 Å². The van der Waals surface area contributed by atoms with Crippen molar-refractivity contribution in [3.8, 4) is 18.0 Å². The number of nitrogens with zero attached hydrogens (tertiary/aromatic N) is 3. The Morgan fingerprint density at radius 1 is 1.23 bits per heavy atom. The van der Waals surface area contributed by atoms with E-state index in [2.05, 4.69) is 16.0 Å². The van der Waals surface area contributed by atoms with Crippen LogP contribution in [-0.2, 0) is 0 Å². The zero-order chi connectivity index (χ0) is 9.10. The minimum atomic E-state index is 0.520. The van der Waals surface area contributed by atoms with E-state index in [9.17, 15) is 0 Å². The molecule has 1 aromatic carbocycles. The third-order valence-corrected chi connectivity index (χ3v) is 1.68. The van der Waals surface area contributed by atoms with Crippen LogP contribution in [0.15, 0.2) is 36.7 Å². The molecule has 0 aliphatic heterocycles. The Balaban J connectivity index is 2.54. The molecule has 0 saturated carbocycles. The molecule has 1 aromatic heterocycles. The maximum Gasteiger partial charge on any atom is 0.207 e. The molecular formula is C10H7N3. The molecule has 0 spiro atoms. The largest absolute Gasteiger partial charge is 0.207 e. The molecular weight excluding hydrogens is 162 g/mol. The lowest BCUT2D eigenvalue weighted by Gasteiger charge is -1.99. The zero-order valence-corrected chi connectivity index (χ0v) is 6.88. The van der Waals surface area contributed by atoms with Crippen molar-refractivity contribution in [1.82, 2.24) is 14.8 Å². The van der Waals surface area contributed by atoms with Gasteiger partial charge in [-0.2, -0.15) is 5.10 Å². The molecule has 0 aliphatic rings. The number of rotatable bonds is 1. The summed E-state index contributed by atoms with van der Waals surface area (Å²) in [7, 11) is 0. The Kier molecular flexibility index (Phi) is 1.81. The van der Waals surface area contributed by atoms with Crippen molar-refractivity contribution in [2.75, 3.05) is 0 Å². The standard InChI is InChI=1S/C10H7N3/c1-2-10-11-8-12-13(10)9-6-4-3-5-7-9/h1,3-8H. The number of aromatic nitrogens is 3. The number of terminal acetylenes is 1. The SMILES string of the molecule is C#Cc1ncnn1-c1ccccc1. The Bertz CT molecular complexity index is 437. The average Bonchev–Trinajstić information content (AvgIpc) is 2.67. The number of para-hydroxylation sites is 1. The van der Waals surface area contributed by atoms with Crippen LogP contribution in [0, 0.1) is 12.3 Å². The molecule has 0 saturated heterocycles. The molecule has 0 atom stereocenters. The first-order valence-corrected chi connectivity index (χ1v) is 3.84. The van der Waals surface area contributed by atoms with Gasteiger partial charge in [0.25, 0.3) is 0 Å². The monoisotopic (exact) mass is 169 g/mol. The van der Waals surface area contributed by atoms with Crippen LogP contribution in [0.4, 0.5) is 0 Å². The summed E-state index contributed by atoms with van der Waals surface area (Å²) in [4.78, 5) is 3.93. The van der Waals surface area contributed by atoms with Crippen LogP contribution in [0.1, 0.15) is 5.82 Å². The summed E-state index contributed by atoms with van der Waals surface area (Å²) >= 11 is 0. The van der Waals surface area contributed by atoms with E-state index in [-0.39, 0.29) is 0 Å². The van der Waals surface area contributed by atoms with Gasteiger partial charge in [-0.1, -0.05) is 18.2 Å². The van der Waals surface area contributed by atoms with Crippen molar-refractivity contribution in [3.63, 3.8) is 0 Å². The number of benzene rings is 1. The number of hydrogen-bond donors (Lipinski definition) is 0. The van der Waals surface area contributed by atoms with Crippen molar-refractivity contribution in [3.05, 3.63) is 42.5 Å². The quantitative estimate of drug-likeness (QED) is 0.601. The van der Waals surface area contributed by atoms with Gasteiger partial charge in [-0.25, -0.2) is 9.67 Å². The summed E-state index contributed by atoms with van der Waals surface area (Å²) < 4.78 is 1.62. The first-order chi connectivity index (χ1) is 6.42. The molecule has 0 amide bonds. The summed E-state index contributed by atoms with van der Waals surface area (Å²) in [6, 6.07) is 9.65. The fourth-order valence-electron chi connectivity index (χ4n) is 1.10. The highest BCUT2D eigenvalue weighted by Gasteiger charge is 2.01. The van der Waals surface area contributed by atoms with E-state index in [0.717, 1.165) is 5.69 Å². The van der Waals surface area contributed by atoms with Crippen LogP contribution >= 0.6 is 0 Å². The van der Waals surface area contributed by atoms with Crippen molar-refractivity contribution in [2.45, 2.75) is 0 Å². The predicted molar refractivity (Wildman–Crippen MR) is 49.3 cm³/mol. The molecule has 1 heterocycles. The Morgan fingerprint density at radius 3 is 2.69 bits per heavy atom. The van der Waals surface area contributed by atoms with E-state index in [1.807, 2.05) is 30.3 Å².